The Labute approximate surface area is 86.3 Å². The zero-order chi connectivity index (χ0) is 10.8. The van der Waals surface area contributed by atoms with Crippen LogP contribution >= 0.6 is 0 Å². The zero-order valence-corrected chi connectivity index (χ0v) is 9.20. The second kappa shape index (κ2) is 4.11. The van der Waals surface area contributed by atoms with Crippen LogP contribution in [0.2, 0.25) is 0 Å². The van der Waals surface area contributed by atoms with Gasteiger partial charge in [0.2, 0.25) is 0 Å². The van der Waals surface area contributed by atoms with Gasteiger partial charge in [-0.15, -0.1) is 0 Å². The highest BCUT2D eigenvalue weighted by molar-refractivity contribution is 5.21. The molecule has 2 heteroatoms. The van der Waals surface area contributed by atoms with Crippen molar-refractivity contribution in [1.82, 2.24) is 0 Å². The monoisotopic (exact) mass is 192 g/mol. The van der Waals surface area contributed by atoms with Crippen LogP contribution < -0.4 is 11.5 Å². The number of hydrogen-bond donors (Lipinski definition) is 2. The van der Waals surface area contributed by atoms with Crippen molar-refractivity contribution >= 4 is 0 Å². The summed E-state index contributed by atoms with van der Waals surface area (Å²) in [7, 11) is 0. The zero-order valence-electron chi connectivity index (χ0n) is 9.20. The van der Waals surface area contributed by atoms with Crippen molar-refractivity contribution in [2.45, 2.75) is 32.9 Å². The minimum absolute atomic E-state index is 0.0105. The van der Waals surface area contributed by atoms with E-state index >= 15 is 0 Å². The summed E-state index contributed by atoms with van der Waals surface area (Å²) in [6.45, 7) is 6.22. The lowest BCUT2D eigenvalue weighted by Gasteiger charge is -2.35. The average molecular weight is 192 g/mol. The first-order valence-electron chi connectivity index (χ1n) is 5.02. The highest BCUT2D eigenvalue weighted by Crippen LogP contribution is 2.33. The van der Waals surface area contributed by atoms with Gasteiger partial charge in [-0.3, -0.25) is 0 Å². The highest BCUT2D eigenvalue weighted by Gasteiger charge is 2.31. The van der Waals surface area contributed by atoms with Gasteiger partial charge < -0.3 is 11.5 Å². The van der Waals surface area contributed by atoms with E-state index < -0.39 is 0 Å². The van der Waals surface area contributed by atoms with E-state index in [1.54, 1.807) is 0 Å². The molecule has 0 saturated heterocycles. The molecule has 0 amide bonds. The van der Waals surface area contributed by atoms with Gasteiger partial charge in [-0.2, -0.15) is 0 Å². The second-order valence-electron chi connectivity index (χ2n) is 4.50. The Bertz CT molecular complexity index is 278. The van der Waals surface area contributed by atoms with Crippen LogP contribution in [0.5, 0.6) is 0 Å². The SMILES string of the molecule is CC(N)C(C)(C)C(N)c1ccccc1. The number of benzene rings is 1. The Kier molecular flexibility index (Phi) is 3.29. The molecule has 0 saturated carbocycles. The Hall–Kier alpha value is -0.860. The van der Waals surface area contributed by atoms with Gasteiger partial charge in [0.05, 0.1) is 0 Å². The van der Waals surface area contributed by atoms with Crippen LogP contribution in [-0.2, 0) is 0 Å². The summed E-state index contributed by atoms with van der Waals surface area (Å²) >= 11 is 0. The van der Waals surface area contributed by atoms with Gasteiger partial charge in [-0.05, 0) is 17.9 Å². The maximum absolute atomic E-state index is 6.19. The quantitative estimate of drug-likeness (QED) is 0.770. The summed E-state index contributed by atoms with van der Waals surface area (Å²) in [6.07, 6.45) is 0. The average Bonchev–Trinajstić information content (AvgIpc) is 2.17. The molecule has 2 unspecified atom stereocenters. The van der Waals surface area contributed by atoms with E-state index in [0.717, 1.165) is 5.56 Å². The number of hydrogen-bond acceptors (Lipinski definition) is 2. The molecule has 0 fully saturated rings. The third-order valence-electron chi connectivity index (χ3n) is 3.13. The van der Waals surface area contributed by atoms with Crippen molar-refractivity contribution in [3.05, 3.63) is 35.9 Å². The molecule has 4 N–H and O–H groups in total. The normalized spacial score (nSPS) is 16.4. The van der Waals surface area contributed by atoms with Crippen molar-refractivity contribution < 1.29 is 0 Å². The van der Waals surface area contributed by atoms with E-state index in [1.807, 2.05) is 25.1 Å². The second-order valence-corrected chi connectivity index (χ2v) is 4.50. The van der Waals surface area contributed by atoms with Gasteiger partial charge in [-0.1, -0.05) is 44.2 Å². The summed E-state index contributed by atoms with van der Waals surface area (Å²) in [5.74, 6) is 0. The lowest BCUT2D eigenvalue weighted by Crippen LogP contribution is -2.42. The third kappa shape index (κ3) is 2.14. The van der Waals surface area contributed by atoms with Crippen LogP contribution in [0.15, 0.2) is 30.3 Å². The van der Waals surface area contributed by atoms with Gasteiger partial charge in [0.15, 0.2) is 0 Å². The van der Waals surface area contributed by atoms with Crippen molar-refractivity contribution in [3.8, 4) is 0 Å². The molecule has 0 aliphatic rings. The van der Waals surface area contributed by atoms with Crippen molar-refractivity contribution in [1.29, 1.82) is 0 Å². The Morgan fingerprint density at radius 3 is 2.00 bits per heavy atom. The lowest BCUT2D eigenvalue weighted by molar-refractivity contribution is 0.239. The molecule has 0 radical (unpaired) electrons. The minimum atomic E-state index is -0.0820. The minimum Gasteiger partial charge on any atom is -0.327 e. The predicted octanol–water partition coefficient (Wildman–Crippen LogP) is 2.06. The standard InChI is InChI=1S/C12H20N2/c1-9(13)12(2,3)11(14)10-7-5-4-6-8-10/h4-9,11H,13-14H2,1-3H3. The van der Waals surface area contributed by atoms with Gasteiger partial charge in [-0.25, -0.2) is 0 Å². The van der Waals surface area contributed by atoms with Gasteiger partial charge in [0, 0.05) is 12.1 Å². The molecule has 2 nitrogen and oxygen atoms in total. The van der Waals surface area contributed by atoms with E-state index in [-0.39, 0.29) is 17.5 Å². The van der Waals surface area contributed by atoms with Crippen LogP contribution in [-0.4, -0.2) is 6.04 Å². The molecule has 0 heterocycles. The molecule has 0 aliphatic heterocycles. The predicted molar refractivity (Wildman–Crippen MR) is 60.8 cm³/mol. The van der Waals surface area contributed by atoms with Crippen LogP contribution in [0, 0.1) is 5.41 Å². The first kappa shape index (κ1) is 11.2. The fourth-order valence-electron chi connectivity index (χ4n) is 1.37. The number of rotatable bonds is 3. The third-order valence-corrected chi connectivity index (χ3v) is 3.13. The molecule has 78 valence electrons. The van der Waals surface area contributed by atoms with E-state index in [1.165, 1.54) is 0 Å². The number of nitrogens with two attached hydrogens (primary N) is 2. The molecular weight excluding hydrogens is 172 g/mol. The van der Waals surface area contributed by atoms with E-state index in [0.29, 0.717) is 0 Å². The topological polar surface area (TPSA) is 52.0 Å². The van der Waals surface area contributed by atoms with Crippen molar-refractivity contribution in [2.75, 3.05) is 0 Å². The van der Waals surface area contributed by atoms with Crippen LogP contribution in [0.1, 0.15) is 32.4 Å². The van der Waals surface area contributed by atoms with Gasteiger partial charge in [0.25, 0.3) is 0 Å². The maximum Gasteiger partial charge on any atom is 0.0361 e. The molecule has 0 aliphatic carbocycles. The summed E-state index contributed by atoms with van der Waals surface area (Å²) in [4.78, 5) is 0. The summed E-state index contributed by atoms with van der Waals surface area (Å²) in [6, 6.07) is 10.2. The maximum atomic E-state index is 6.19. The Balaban J connectivity index is 2.90. The summed E-state index contributed by atoms with van der Waals surface area (Å²) in [5.41, 5.74) is 13.2. The van der Waals surface area contributed by atoms with Crippen molar-refractivity contribution in [3.63, 3.8) is 0 Å². The molecule has 1 aromatic carbocycles. The molecule has 1 aromatic rings. The van der Waals surface area contributed by atoms with E-state index in [4.69, 9.17) is 11.5 Å². The highest BCUT2D eigenvalue weighted by atomic mass is 14.8. The molecule has 2 atom stereocenters. The van der Waals surface area contributed by atoms with Crippen LogP contribution in [0.3, 0.4) is 0 Å². The molecule has 14 heavy (non-hydrogen) atoms. The molecule has 0 spiro atoms. The first-order chi connectivity index (χ1) is 6.46. The fraction of sp³-hybridized carbons (Fsp3) is 0.500. The molecular formula is C12H20N2. The largest absolute Gasteiger partial charge is 0.327 e. The van der Waals surface area contributed by atoms with Gasteiger partial charge >= 0.3 is 0 Å². The van der Waals surface area contributed by atoms with E-state index in [9.17, 15) is 0 Å². The Morgan fingerprint density at radius 2 is 1.57 bits per heavy atom. The molecule has 0 bridgehead atoms. The van der Waals surface area contributed by atoms with E-state index in [2.05, 4.69) is 26.0 Å². The molecule has 0 aromatic heterocycles. The first-order valence-corrected chi connectivity index (χ1v) is 5.02. The Morgan fingerprint density at radius 1 is 1.07 bits per heavy atom. The smallest absolute Gasteiger partial charge is 0.0361 e. The lowest BCUT2D eigenvalue weighted by atomic mass is 9.76. The van der Waals surface area contributed by atoms with Crippen molar-refractivity contribution in [2.24, 2.45) is 16.9 Å². The summed E-state index contributed by atoms with van der Waals surface area (Å²) in [5, 5.41) is 0. The fourth-order valence-corrected chi connectivity index (χ4v) is 1.37. The van der Waals surface area contributed by atoms with Gasteiger partial charge in [0.1, 0.15) is 0 Å². The molecule has 1 rings (SSSR count). The van der Waals surface area contributed by atoms with Crippen LogP contribution in [0.4, 0.5) is 0 Å². The van der Waals surface area contributed by atoms with Crippen LogP contribution in [0.25, 0.3) is 0 Å². The summed E-state index contributed by atoms with van der Waals surface area (Å²) < 4.78 is 0.